The van der Waals surface area contributed by atoms with Crippen molar-refractivity contribution in [2.24, 2.45) is 0 Å². The van der Waals surface area contributed by atoms with Gasteiger partial charge in [0.2, 0.25) is 5.91 Å². The lowest BCUT2D eigenvalue weighted by Gasteiger charge is -2.06. The van der Waals surface area contributed by atoms with E-state index in [2.05, 4.69) is 25.3 Å². The summed E-state index contributed by atoms with van der Waals surface area (Å²) >= 11 is 1.25. The molecule has 31 heavy (non-hydrogen) atoms. The molecule has 0 saturated carbocycles. The SMILES string of the molecule is O=C(Cc1ccc(-c2ccnc(C(F)(F)F)c2)s1)Nc1ccc(-c2cnccn2)cn1. The van der Waals surface area contributed by atoms with Crippen molar-refractivity contribution in [3.05, 3.63) is 78.0 Å². The summed E-state index contributed by atoms with van der Waals surface area (Å²) in [4.78, 5) is 29.5. The largest absolute Gasteiger partial charge is 0.433 e. The van der Waals surface area contributed by atoms with Crippen LogP contribution in [0.1, 0.15) is 10.6 Å². The van der Waals surface area contributed by atoms with Gasteiger partial charge >= 0.3 is 6.18 Å². The molecule has 0 aliphatic carbocycles. The second-order valence-corrected chi connectivity index (χ2v) is 7.61. The van der Waals surface area contributed by atoms with E-state index in [1.54, 1.807) is 49.1 Å². The average molecular weight is 441 g/mol. The number of pyridine rings is 2. The highest BCUT2D eigenvalue weighted by atomic mass is 32.1. The third-order valence-corrected chi connectivity index (χ3v) is 5.36. The summed E-state index contributed by atoms with van der Waals surface area (Å²) in [6.07, 6.45) is 3.05. The smallest absolute Gasteiger partial charge is 0.310 e. The van der Waals surface area contributed by atoms with E-state index >= 15 is 0 Å². The van der Waals surface area contributed by atoms with Gasteiger partial charge in [0.15, 0.2) is 0 Å². The number of nitrogens with zero attached hydrogens (tertiary/aromatic N) is 4. The van der Waals surface area contributed by atoms with Crippen LogP contribution >= 0.6 is 11.3 Å². The fourth-order valence-corrected chi connectivity index (χ4v) is 3.78. The van der Waals surface area contributed by atoms with E-state index in [-0.39, 0.29) is 12.3 Å². The van der Waals surface area contributed by atoms with Gasteiger partial charge in [-0.25, -0.2) is 4.98 Å². The molecule has 0 unspecified atom stereocenters. The molecule has 0 atom stereocenters. The van der Waals surface area contributed by atoms with Gasteiger partial charge in [0.1, 0.15) is 11.5 Å². The summed E-state index contributed by atoms with van der Waals surface area (Å²) in [7, 11) is 0. The highest BCUT2D eigenvalue weighted by molar-refractivity contribution is 7.15. The highest BCUT2D eigenvalue weighted by Gasteiger charge is 2.32. The van der Waals surface area contributed by atoms with Gasteiger partial charge in [0, 0.05) is 40.1 Å². The molecule has 156 valence electrons. The number of anilines is 1. The molecular weight excluding hydrogens is 427 g/mol. The molecule has 1 N–H and O–H groups in total. The molecule has 1 amide bonds. The Balaban J connectivity index is 1.40. The zero-order valence-corrected chi connectivity index (χ0v) is 16.6. The lowest BCUT2D eigenvalue weighted by atomic mass is 10.2. The monoisotopic (exact) mass is 441 g/mol. The van der Waals surface area contributed by atoms with Crippen LogP contribution in [0.15, 0.2) is 67.4 Å². The Hall–Kier alpha value is -3.66. The summed E-state index contributed by atoms with van der Waals surface area (Å²) < 4.78 is 38.6. The quantitative estimate of drug-likeness (QED) is 0.478. The van der Waals surface area contributed by atoms with Crippen LogP contribution in [-0.4, -0.2) is 25.8 Å². The van der Waals surface area contributed by atoms with Crippen molar-refractivity contribution < 1.29 is 18.0 Å². The van der Waals surface area contributed by atoms with E-state index < -0.39 is 11.9 Å². The Labute approximate surface area is 178 Å². The molecular formula is C21H14F3N5OS. The summed E-state index contributed by atoms with van der Waals surface area (Å²) in [5.41, 5.74) is 0.891. The van der Waals surface area contributed by atoms with Crippen LogP contribution in [0.25, 0.3) is 21.7 Å². The van der Waals surface area contributed by atoms with Crippen molar-refractivity contribution in [1.29, 1.82) is 0 Å². The number of rotatable bonds is 5. The summed E-state index contributed by atoms with van der Waals surface area (Å²) in [6.45, 7) is 0. The topological polar surface area (TPSA) is 80.7 Å². The average Bonchev–Trinajstić information content (AvgIpc) is 3.23. The van der Waals surface area contributed by atoms with Gasteiger partial charge in [-0.05, 0) is 42.0 Å². The van der Waals surface area contributed by atoms with Crippen molar-refractivity contribution in [1.82, 2.24) is 19.9 Å². The van der Waals surface area contributed by atoms with Crippen LogP contribution in [0.3, 0.4) is 0 Å². The number of carbonyl (C=O) groups excluding carboxylic acids is 1. The minimum Gasteiger partial charge on any atom is -0.310 e. The fourth-order valence-electron chi connectivity index (χ4n) is 2.78. The van der Waals surface area contributed by atoms with Crippen LogP contribution in [0.2, 0.25) is 0 Å². The molecule has 0 radical (unpaired) electrons. The lowest BCUT2D eigenvalue weighted by molar-refractivity contribution is -0.141. The molecule has 4 heterocycles. The van der Waals surface area contributed by atoms with Crippen molar-refractivity contribution in [2.45, 2.75) is 12.6 Å². The first-order valence-corrected chi connectivity index (χ1v) is 9.85. The predicted octanol–water partition coefficient (Wildman–Crippen LogP) is 4.86. The maximum atomic E-state index is 12.9. The van der Waals surface area contributed by atoms with Gasteiger partial charge < -0.3 is 5.32 Å². The number of hydrogen-bond acceptors (Lipinski definition) is 6. The van der Waals surface area contributed by atoms with Crippen LogP contribution in [0, 0.1) is 0 Å². The second-order valence-electron chi connectivity index (χ2n) is 6.44. The molecule has 0 saturated heterocycles. The molecule has 6 nitrogen and oxygen atoms in total. The normalized spacial score (nSPS) is 11.3. The minimum atomic E-state index is -4.51. The molecule has 4 rings (SSSR count). The predicted molar refractivity (Wildman–Crippen MR) is 110 cm³/mol. The second kappa shape index (κ2) is 8.60. The zero-order chi connectivity index (χ0) is 21.8. The van der Waals surface area contributed by atoms with Gasteiger partial charge in [0.05, 0.1) is 18.3 Å². The van der Waals surface area contributed by atoms with Crippen LogP contribution in [0.5, 0.6) is 0 Å². The van der Waals surface area contributed by atoms with E-state index in [0.717, 1.165) is 17.8 Å². The molecule has 0 fully saturated rings. The molecule has 0 bridgehead atoms. The van der Waals surface area contributed by atoms with Gasteiger partial charge in [-0.2, -0.15) is 13.2 Å². The molecule has 0 aliphatic rings. The fraction of sp³-hybridized carbons (Fsp3) is 0.0952. The first-order chi connectivity index (χ1) is 14.9. The van der Waals surface area contributed by atoms with Crippen molar-refractivity contribution in [3.63, 3.8) is 0 Å². The van der Waals surface area contributed by atoms with Gasteiger partial charge in [-0.3, -0.25) is 19.7 Å². The molecule has 4 aromatic heterocycles. The molecule has 4 aromatic rings. The maximum Gasteiger partial charge on any atom is 0.433 e. The van der Waals surface area contributed by atoms with Crippen LogP contribution in [0.4, 0.5) is 19.0 Å². The third-order valence-electron chi connectivity index (χ3n) is 4.22. The van der Waals surface area contributed by atoms with Gasteiger partial charge in [-0.15, -0.1) is 11.3 Å². The number of carbonyl (C=O) groups is 1. The Morgan fingerprint density at radius 3 is 2.52 bits per heavy atom. The Bertz CT molecular complexity index is 1190. The first-order valence-electron chi connectivity index (χ1n) is 9.03. The number of aromatic nitrogens is 4. The van der Waals surface area contributed by atoms with Crippen LogP contribution < -0.4 is 5.32 Å². The minimum absolute atomic E-state index is 0.0788. The number of thiophene rings is 1. The standard InChI is InChI=1S/C21H14F3N5OS/c22-21(23,24)18-9-13(5-6-27-18)17-3-2-15(31-17)10-20(30)29-19-4-1-14(11-28-19)16-12-25-7-8-26-16/h1-9,11-12H,10H2,(H,28,29,30). The number of alkyl halides is 3. The Kier molecular flexibility index (Phi) is 5.72. The maximum absolute atomic E-state index is 12.9. The van der Waals surface area contributed by atoms with E-state index in [0.29, 0.717) is 26.8 Å². The van der Waals surface area contributed by atoms with Gasteiger partial charge in [-0.1, -0.05) is 0 Å². The first kappa shape index (κ1) is 20.6. The lowest BCUT2D eigenvalue weighted by Crippen LogP contribution is -2.14. The summed E-state index contributed by atoms with van der Waals surface area (Å²) in [5.74, 6) is 0.109. The highest BCUT2D eigenvalue weighted by Crippen LogP contribution is 2.33. The molecule has 0 aliphatic heterocycles. The van der Waals surface area contributed by atoms with E-state index in [1.807, 2.05) is 0 Å². The zero-order valence-electron chi connectivity index (χ0n) is 15.8. The molecule has 0 spiro atoms. The van der Waals surface area contributed by atoms with Gasteiger partial charge in [0.25, 0.3) is 0 Å². The number of hydrogen-bond donors (Lipinski definition) is 1. The summed E-state index contributed by atoms with van der Waals surface area (Å²) in [5, 5.41) is 2.71. The van der Waals surface area contributed by atoms with Crippen molar-refractivity contribution >= 4 is 23.1 Å². The van der Waals surface area contributed by atoms with Crippen molar-refractivity contribution in [3.8, 4) is 21.7 Å². The molecule has 0 aromatic carbocycles. The van der Waals surface area contributed by atoms with E-state index in [1.165, 1.54) is 17.4 Å². The van der Waals surface area contributed by atoms with Crippen molar-refractivity contribution in [2.75, 3.05) is 5.32 Å². The summed E-state index contributed by atoms with van der Waals surface area (Å²) in [6, 6.07) is 9.36. The number of amides is 1. The Morgan fingerprint density at radius 1 is 0.935 bits per heavy atom. The number of nitrogens with one attached hydrogen (secondary N) is 1. The molecule has 10 heteroatoms. The van der Waals surface area contributed by atoms with Crippen LogP contribution in [-0.2, 0) is 17.4 Å². The van der Waals surface area contributed by atoms with E-state index in [9.17, 15) is 18.0 Å². The number of halogens is 3. The third kappa shape index (κ3) is 5.10. The van der Waals surface area contributed by atoms with E-state index in [4.69, 9.17) is 0 Å². The Morgan fingerprint density at radius 2 is 1.81 bits per heavy atom.